The molecule has 146 valence electrons. The number of thioether (sulfide) groups is 1. The number of ether oxygens (including phenoxy) is 1. The lowest BCUT2D eigenvalue weighted by molar-refractivity contribution is -0.115. The Labute approximate surface area is 175 Å². The maximum atomic E-state index is 12.8. The normalized spacial score (nSPS) is 14.1. The Kier molecular flexibility index (Phi) is 5.70. The number of aryl methyl sites for hydroxylation is 1. The Hall–Kier alpha value is -1.90. The van der Waals surface area contributed by atoms with Gasteiger partial charge >= 0.3 is 5.97 Å². The number of hydrogen-bond acceptors (Lipinski definition) is 7. The van der Waals surface area contributed by atoms with Crippen molar-refractivity contribution in [2.45, 2.75) is 42.7 Å². The standard InChI is InChI=1S/C20H20N2O3S3/c1-3-25-19(24)16-12-7-6-10-14(12)27-18(16)22-17(23)11(2)26-20-21-13-8-4-5-9-15(13)28-20/h4-5,8-9,11H,3,6-7,10H2,1-2H3,(H,22,23). The summed E-state index contributed by atoms with van der Waals surface area (Å²) in [7, 11) is 0. The van der Waals surface area contributed by atoms with Crippen LogP contribution in [0.5, 0.6) is 0 Å². The highest BCUT2D eigenvalue weighted by molar-refractivity contribution is 8.02. The number of nitrogens with one attached hydrogen (secondary N) is 1. The average Bonchev–Trinajstić information content (AvgIpc) is 3.34. The van der Waals surface area contributed by atoms with Crippen molar-refractivity contribution in [3.05, 3.63) is 40.3 Å². The van der Waals surface area contributed by atoms with E-state index in [1.54, 1.807) is 18.3 Å². The number of esters is 1. The van der Waals surface area contributed by atoms with E-state index in [4.69, 9.17) is 4.74 Å². The van der Waals surface area contributed by atoms with Crippen LogP contribution < -0.4 is 5.32 Å². The van der Waals surface area contributed by atoms with Crippen molar-refractivity contribution in [3.63, 3.8) is 0 Å². The topological polar surface area (TPSA) is 68.3 Å². The van der Waals surface area contributed by atoms with E-state index in [9.17, 15) is 9.59 Å². The van der Waals surface area contributed by atoms with Gasteiger partial charge in [0, 0.05) is 4.88 Å². The number of thiophene rings is 1. The zero-order chi connectivity index (χ0) is 19.7. The molecule has 0 aliphatic heterocycles. The van der Waals surface area contributed by atoms with Crippen LogP contribution in [0.25, 0.3) is 10.2 Å². The second-order valence-corrected chi connectivity index (χ2v) is 10.2. The summed E-state index contributed by atoms with van der Waals surface area (Å²) < 4.78 is 7.20. The Bertz CT molecular complexity index is 1010. The number of nitrogens with zero attached hydrogens (tertiary/aromatic N) is 1. The molecule has 0 saturated carbocycles. The van der Waals surface area contributed by atoms with E-state index in [1.807, 2.05) is 31.2 Å². The van der Waals surface area contributed by atoms with E-state index in [2.05, 4.69) is 10.3 Å². The highest BCUT2D eigenvalue weighted by Gasteiger charge is 2.29. The number of thiazole rings is 1. The van der Waals surface area contributed by atoms with Gasteiger partial charge in [-0.05, 0) is 50.8 Å². The molecule has 5 nitrogen and oxygen atoms in total. The molecule has 1 amide bonds. The van der Waals surface area contributed by atoms with Crippen molar-refractivity contribution >= 4 is 61.5 Å². The third-order valence-corrected chi connectivity index (χ3v) is 8.00. The lowest BCUT2D eigenvalue weighted by Crippen LogP contribution is -2.23. The summed E-state index contributed by atoms with van der Waals surface area (Å²) >= 11 is 4.52. The van der Waals surface area contributed by atoms with Crippen molar-refractivity contribution in [2.24, 2.45) is 0 Å². The zero-order valence-electron chi connectivity index (χ0n) is 15.6. The van der Waals surface area contributed by atoms with Crippen molar-refractivity contribution in [3.8, 4) is 0 Å². The first-order valence-electron chi connectivity index (χ1n) is 9.21. The number of fused-ring (bicyclic) bond motifs is 2. The van der Waals surface area contributed by atoms with E-state index >= 15 is 0 Å². The van der Waals surface area contributed by atoms with E-state index in [-0.39, 0.29) is 17.1 Å². The minimum atomic E-state index is -0.344. The van der Waals surface area contributed by atoms with Gasteiger partial charge in [-0.2, -0.15) is 0 Å². The van der Waals surface area contributed by atoms with Gasteiger partial charge in [-0.3, -0.25) is 4.79 Å². The molecule has 1 unspecified atom stereocenters. The van der Waals surface area contributed by atoms with Crippen LogP contribution in [0.4, 0.5) is 5.00 Å². The fraction of sp³-hybridized carbons (Fsp3) is 0.350. The summed E-state index contributed by atoms with van der Waals surface area (Å²) in [5.41, 5.74) is 2.54. The molecule has 28 heavy (non-hydrogen) atoms. The molecule has 1 atom stereocenters. The lowest BCUT2D eigenvalue weighted by Gasteiger charge is -2.11. The minimum absolute atomic E-state index is 0.130. The predicted molar refractivity (Wildman–Crippen MR) is 116 cm³/mol. The van der Waals surface area contributed by atoms with E-state index in [1.165, 1.54) is 28.0 Å². The molecule has 1 aromatic carbocycles. The van der Waals surface area contributed by atoms with Gasteiger partial charge in [-0.1, -0.05) is 23.9 Å². The van der Waals surface area contributed by atoms with Gasteiger partial charge in [0.1, 0.15) is 5.00 Å². The molecular formula is C20H20N2O3S3. The molecule has 4 rings (SSSR count). The molecular weight excluding hydrogens is 412 g/mol. The molecule has 8 heteroatoms. The number of benzene rings is 1. The van der Waals surface area contributed by atoms with Gasteiger partial charge in [0.05, 0.1) is 27.6 Å². The highest BCUT2D eigenvalue weighted by Crippen LogP contribution is 2.40. The second-order valence-electron chi connectivity index (χ2n) is 6.48. The number of aromatic nitrogens is 1. The van der Waals surface area contributed by atoms with Crippen molar-refractivity contribution < 1.29 is 14.3 Å². The van der Waals surface area contributed by atoms with Crippen molar-refractivity contribution in [1.29, 1.82) is 0 Å². The van der Waals surface area contributed by atoms with Gasteiger partial charge in [0.15, 0.2) is 4.34 Å². The first-order valence-corrected chi connectivity index (χ1v) is 11.7. The molecule has 0 spiro atoms. The Balaban J connectivity index is 1.50. The van der Waals surface area contributed by atoms with Crippen LogP contribution in [0.2, 0.25) is 0 Å². The van der Waals surface area contributed by atoms with Gasteiger partial charge in [-0.25, -0.2) is 9.78 Å². The molecule has 3 aromatic rings. The summed E-state index contributed by atoms with van der Waals surface area (Å²) in [6.07, 6.45) is 2.87. The smallest absolute Gasteiger partial charge is 0.341 e. The van der Waals surface area contributed by atoms with Gasteiger partial charge in [0.25, 0.3) is 0 Å². The zero-order valence-corrected chi connectivity index (χ0v) is 18.1. The quantitative estimate of drug-likeness (QED) is 0.431. The Morgan fingerprint density at radius 1 is 1.29 bits per heavy atom. The summed E-state index contributed by atoms with van der Waals surface area (Å²) in [6.45, 7) is 3.97. The maximum Gasteiger partial charge on any atom is 0.341 e. The fourth-order valence-electron chi connectivity index (χ4n) is 3.23. The Morgan fingerprint density at radius 3 is 2.89 bits per heavy atom. The number of para-hydroxylation sites is 1. The molecule has 0 saturated heterocycles. The number of amides is 1. The van der Waals surface area contributed by atoms with Crippen LogP contribution in [0.3, 0.4) is 0 Å². The van der Waals surface area contributed by atoms with Crippen LogP contribution >= 0.6 is 34.4 Å². The Morgan fingerprint density at radius 2 is 2.11 bits per heavy atom. The number of rotatable bonds is 6. The summed E-state index contributed by atoms with van der Waals surface area (Å²) in [4.78, 5) is 31.0. The largest absolute Gasteiger partial charge is 0.462 e. The van der Waals surface area contributed by atoms with Crippen LogP contribution in [-0.2, 0) is 22.4 Å². The third-order valence-electron chi connectivity index (χ3n) is 4.56. The summed E-state index contributed by atoms with van der Waals surface area (Å²) in [5.74, 6) is -0.474. The van der Waals surface area contributed by atoms with Crippen LogP contribution in [0.1, 0.15) is 41.1 Å². The molecule has 1 aliphatic carbocycles. The lowest BCUT2D eigenvalue weighted by atomic mass is 10.1. The monoisotopic (exact) mass is 432 g/mol. The van der Waals surface area contributed by atoms with E-state index in [0.29, 0.717) is 17.2 Å². The minimum Gasteiger partial charge on any atom is -0.462 e. The van der Waals surface area contributed by atoms with E-state index in [0.717, 1.165) is 39.4 Å². The highest BCUT2D eigenvalue weighted by atomic mass is 32.2. The van der Waals surface area contributed by atoms with E-state index < -0.39 is 0 Å². The van der Waals surface area contributed by atoms with Gasteiger partial charge in [0.2, 0.25) is 5.91 Å². The number of carbonyl (C=O) groups is 2. The van der Waals surface area contributed by atoms with Crippen LogP contribution in [-0.4, -0.2) is 28.7 Å². The predicted octanol–water partition coefficient (Wildman–Crippen LogP) is 5.14. The third kappa shape index (κ3) is 3.81. The first kappa shape index (κ1) is 19.4. The molecule has 1 N–H and O–H groups in total. The van der Waals surface area contributed by atoms with Gasteiger partial charge < -0.3 is 10.1 Å². The van der Waals surface area contributed by atoms with Crippen molar-refractivity contribution in [2.75, 3.05) is 11.9 Å². The first-order chi connectivity index (χ1) is 13.6. The molecule has 0 radical (unpaired) electrons. The molecule has 0 bridgehead atoms. The SMILES string of the molecule is CCOC(=O)c1c(NC(=O)C(C)Sc2nc3ccccc3s2)sc2c1CCC2. The molecule has 2 heterocycles. The molecule has 1 aliphatic rings. The maximum absolute atomic E-state index is 12.8. The van der Waals surface area contributed by atoms with Crippen LogP contribution in [0, 0.1) is 0 Å². The fourth-order valence-corrected chi connectivity index (χ4v) is 6.72. The number of hydrogen-bond donors (Lipinski definition) is 1. The average molecular weight is 433 g/mol. The second kappa shape index (κ2) is 8.23. The van der Waals surface area contributed by atoms with Crippen LogP contribution in [0.15, 0.2) is 28.6 Å². The summed E-state index contributed by atoms with van der Waals surface area (Å²) in [6, 6.07) is 7.94. The number of anilines is 1. The molecule has 2 aromatic heterocycles. The van der Waals surface area contributed by atoms with Gasteiger partial charge in [-0.15, -0.1) is 22.7 Å². The van der Waals surface area contributed by atoms with Crippen molar-refractivity contribution in [1.82, 2.24) is 4.98 Å². The molecule has 0 fully saturated rings. The summed E-state index contributed by atoms with van der Waals surface area (Å²) in [5, 5.41) is 3.26. The number of carbonyl (C=O) groups excluding carboxylic acids is 2.